The summed E-state index contributed by atoms with van der Waals surface area (Å²) in [6.07, 6.45) is 4.07. The molecule has 1 aliphatic carbocycles. The third-order valence-corrected chi connectivity index (χ3v) is 6.57. The molecular weight excluding hydrogens is 392 g/mol. The molecule has 0 aromatic heterocycles. The number of rotatable bonds is 7. The van der Waals surface area contributed by atoms with Gasteiger partial charge in [-0.25, -0.2) is 0 Å². The summed E-state index contributed by atoms with van der Waals surface area (Å²) in [4.78, 5) is 15.2. The number of carbonyl (C=O) groups excluding carboxylic acids is 1. The minimum Gasteiger partial charge on any atom is -0.496 e. The number of amides is 1. The SMILES string of the molecule is COc1ccccc1C(C)N(C)CC(=O)NC1(c2ccc3c(c2)OCCO3)CCCC1. The van der Waals surface area contributed by atoms with Crippen molar-refractivity contribution in [1.82, 2.24) is 10.2 Å². The van der Waals surface area contributed by atoms with Gasteiger partial charge in [0.1, 0.15) is 19.0 Å². The molecule has 2 aromatic carbocycles. The lowest BCUT2D eigenvalue weighted by Crippen LogP contribution is -2.47. The normalized spacial score (nSPS) is 17.9. The molecule has 1 fully saturated rings. The van der Waals surface area contributed by atoms with E-state index < -0.39 is 0 Å². The second-order valence-electron chi connectivity index (χ2n) is 8.53. The fourth-order valence-corrected chi connectivity index (χ4v) is 4.72. The Kier molecular flexibility index (Phi) is 6.37. The Morgan fingerprint density at radius 3 is 2.58 bits per heavy atom. The zero-order valence-electron chi connectivity index (χ0n) is 18.6. The van der Waals surface area contributed by atoms with Gasteiger partial charge in [0, 0.05) is 11.6 Å². The summed E-state index contributed by atoms with van der Waals surface area (Å²) in [5.41, 5.74) is 1.83. The van der Waals surface area contributed by atoms with E-state index in [1.165, 1.54) is 0 Å². The number of ether oxygens (including phenoxy) is 3. The van der Waals surface area contributed by atoms with Crippen LogP contribution in [0.3, 0.4) is 0 Å². The van der Waals surface area contributed by atoms with E-state index in [2.05, 4.69) is 23.2 Å². The van der Waals surface area contributed by atoms with Gasteiger partial charge in [-0.3, -0.25) is 9.69 Å². The summed E-state index contributed by atoms with van der Waals surface area (Å²) in [5.74, 6) is 2.41. The first-order valence-electron chi connectivity index (χ1n) is 11.1. The molecule has 0 saturated heterocycles. The highest BCUT2D eigenvalue weighted by Gasteiger charge is 2.38. The Bertz CT molecular complexity index is 923. The first-order valence-corrected chi connectivity index (χ1v) is 11.1. The fourth-order valence-electron chi connectivity index (χ4n) is 4.72. The molecule has 1 atom stereocenters. The van der Waals surface area contributed by atoms with E-state index in [0.717, 1.165) is 54.1 Å². The standard InChI is InChI=1S/C25H32N2O4/c1-18(20-8-4-5-9-21(20)29-3)27(2)17-24(28)26-25(12-6-7-13-25)19-10-11-22-23(16-19)31-15-14-30-22/h4-5,8-11,16,18H,6-7,12-15,17H2,1-3H3,(H,26,28). The average molecular weight is 425 g/mol. The maximum atomic E-state index is 13.1. The lowest BCUT2D eigenvalue weighted by molar-refractivity contribution is -0.124. The van der Waals surface area contributed by atoms with Crippen LogP contribution in [0.25, 0.3) is 0 Å². The molecule has 0 spiro atoms. The van der Waals surface area contributed by atoms with Crippen LogP contribution >= 0.6 is 0 Å². The molecule has 166 valence electrons. The highest BCUT2D eigenvalue weighted by molar-refractivity contribution is 5.79. The molecule has 6 nitrogen and oxygen atoms in total. The summed E-state index contributed by atoms with van der Waals surface area (Å²) in [6, 6.07) is 14.1. The lowest BCUT2D eigenvalue weighted by Gasteiger charge is -2.34. The van der Waals surface area contributed by atoms with Gasteiger partial charge in [0.15, 0.2) is 11.5 Å². The minimum absolute atomic E-state index is 0.0287. The Balaban J connectivity index is 1.48. The topological polar surface area (TPSA) is 60.0 Å². The smallest absolute Gasteiger partial charge is 0.234 e. The minimum atomic E-state index is -0.346. The fraction of sp³-hybridized carbons (Fsp3) is 0.480. The van der Waals surface area contributed by atoms with Gasteiger partial charge in [0.05, 0.1) is 19.2 Å². The summed E-state index contributed by atoms with van der Waals surface area (Å²) < 4.78 is 16.9. The number of hydrogen-bond acceptors (Lipinski definition) is 5. The third kappa shape index (κ3) is 4.49. The summed E-state index contributed by atoms with van der Waals surface area (Å²) in [7, 11) is 3.65. The van der Waals surface area contributed by atoms with Gasteiger partial charge in [-0.2, -0.15) is 0 Å². The van der Waals surface area contributed by atoms with Crippen LogP contribution < -0.4 is 19.5 Å². The molecule has 0 radical (unpaired) electrons. The van der Waals surface area contributed by atoms with E-state index in [9.17, 15) is 4.79 Å². The van der Waals surface area contributed by atoms with Crippen LogP contribution in [0, 0.1) is 0 Å². The maximum absolute atomic E-state index is 13.1. The van der Waals surface area contributed by atoms with Crippen molar-refractivity contribution in [2.75, 3.05) is 33.9 Å². The number of methoxy groups -OCH3 is 1. The van der Waals surface area contributed by atoms with Crippen molar-refractivity contribution in [3.63, 3.8) is 0 Å². The van der Waals surface area contributed by atoms with Crippen molar-refractivity contribution in [2.45, 2.75) is 44.2 Å². The molecule has 2 aromatic rings. The van der Waals surface area contributed by atoms with Gasteiger partial charge < -0.3 is 19.5 Å². The molecule has 0 bridgehead atoms. The average Bonchev–Trinajstić information content (AvgIpc) is 3.27. The lowest BCUT2D eigenvalue weighted by atomic mass is 9.87. The van der Waals surface area contributed by atoms with Gasteiger partial charge in [-0.1, -0.05) is 37.1 Å². The van der Waals surface area contributed by atoms with Crippen molar-refractivity contribution < 1.29 is 19.0 Å². The van der Waals surface area contributed by atoms with Crippen LogP contribution in [0.15, 0.2) is 42.5 Å². The Labute approximate surface area is 184 Å². The number of benzene rings is 2. The maximum Gasteiger partial charge on any atom is 0.234 e. The van der Waals surface area contributed by atoms with Crippen LogP contribution in [0.1, 0.15) is 49.8 Å². The van der Waals surface area contributed by atoms with Crippen molar-refractivity contribution in [3.05, 3.63) is 53.6 Å². The first kappa shape index (κ1) is 21.5. The van der Waals surface area contributed by atoms with Crippen LogP contribution in [0.2, 0.25) is 0 Å². The van der Waals surface area contributed by atoms with Crippen molar-refractivity contribution in [1.29, 1.82) is 0 Å². The van der Waals surface area contributed by atoms with Gasteiger partial charge in [-0.15, -0.1) is 0 Å². The predicted octanol–water partition coefficient (Wildman–Crippen LogP) is 4.04. The van der Waals surface area contributed by atoms with Gasteiger partial charge in [0.2, 0.25) is 5.91 Å². The number of likely N-dealkylation sites (N-methyl/N-ethyl adjacent to an activating group) is 1. The molecule has 1 heterocycles. The zero-order chi connectivity index (χ0) is 21.8. The molecule has 31 heavy (non-hydrogen) atoms. The molecule has 1 amide bonds. The van der Waals surface area contributed by atoms with Crippen molar-refractivity contribution in [3.8, 4) is 17.2 Å². The number of fused-ring (bicyclic) bond motifs is 1. The second kappa shape index (κ2) is 9.18. The van der Waals surface area contributed by atoms with E-state index in [0.29, 0.717) is 19.8 Å². The molecule has 4 rings (SSSR count). The molecular formula is C25H32N2O4. The Morgan fingerprint density at radius 2 is 1.84 bits per heavy atom. The number of carbonyl (C=O) groups is 1. The van der Waals surface area contributed by atoms with Crippen LogP contribution in [-0.4, -0.2) is 44.7 Å². The molecule has 1 aliphatic heterocycles. The van der Waals surface area contributed by atoms with E-state index >= 15 is 0 Å². The summed E-state index contributed by atoms with van der Waals surface area (Å²) in [5, 5.41) is 3.37. The van der Waals surface area contributed by atoms with Crippen LogP contribution in [0.5, 0.6) is 17.2 Å². The third-order valence-electron chi connectivity index (χ3n) is 6.57. The van der Waals surface area contributed by atoms with E-state index in [1.807, 2.05) is 43.4 Å². The quantitative estimate of drug-likeness (QED) is 0.727. The van der Waals surface area contributed by atoms with Crippen LogP contribution in [0.4, 0.5) is 0 Å². The summed E-state index contributed by atoms with van der Waals surface area (Å²) in [6.45, 7) is 3.54. The molecule has 1 N–H and O–H groups in total. The van der Waals surface area contributed by atoms with Crippen molar-refractivity contribution in [2.24, 2.45) is 0 Å². The molecule has 1 unspecified atom stereocenters. The van der Waals surface area contributed by atoms with Crippen molar-refractivity contribution >= 4 is 5.91 Å². The largest absolute Gasteiger partial charge is 0.496 e. The first-order chi connectivity index (χ1) is 15.0. The molecule has 6 heteroatoms. The number of hydrogen-bond donors (Lipinski definition) is 1. The second-order valence-corrected chi connectivity index (χ2v) is 8.53. The van der Waals surface area contributed by atoms with Crippen LogP contribution in [-0.2, 0) is 10.3 Å². The highest BCUT2D eigenvalue weighted by Crippen LogP contribution is 2.42. The zero-order valence-corrected chi connectivity index (χ0v) is 18.6. The van der Waals surface area contributed by atoms with E-state index in [4.69, 9.17) is 14.2 Å². The number of nitrogens with zero attached hydrogens (tertiary/aromatic N) is 1. The predicted molar refractivity (Wildman–Crippen MR) is 120 cm³/mol. The number of para-hydroxylation sites is 1. The Hall–Kier alpha value is -2.73. The van der Waals surface area contributed by atoms with E-state index in [1.54, 1.807) is 7.11 Å². The van der Waals surface area contributed by atoms with Gasteiger partial charge in [0.25, 0.3) is 0 Å². The molecule has 2 aliphatic rings. The number of nitrogens with one attached hydrogen (secondary N) is 1. The van der Waals surface area contributed by atoms with Gasteiger partial charge >= 0.3 is 0 Å². The Morgan fingerprint density at radius 1 is 1.13 bits per heavy atom. The van der Waals surface area contributed by atoms with E-state index in [-0.39, 0.29) is 17.5 Å². The monoisotopic (exact) mass is 424 g/mol. The molecule has 1 saturated carbocycles. The summed E-state index contributed by atoms with van der Waals surface area (Å²) >= 11 is 0. The highest BCUT2D eigenvalue weighted by atomic mass is 16.6. The van der Waals surface area contributed by atoms with Gasteiger partial charge in [-0.05, 0) is 50.6 Å².